The summed E-state index contributed by atoms with van der Waals surface area (Å²) in [6.07, 6.45) is 0.143. The fourth-order valence-corrected chi connectivity index (χ4v) is 6.45. The first-order valence-corrected chi connectivity index (χ1v) is 15.8. The monoisotopic (exact) mass is 608 g/mol. The van der Waals surface area contributed by atoms with E-state index in [1.54, 1.807) is 26.0 Å². The van der Waals surface area contributed by atoms with Gasteiger partial charge in [-0.2, -0.15) is 0 Å². The number of nitrogens with one attached hydrogen (secondary N) is 3. The Labute approximate surface area is 245 Å². The molecule has 0 fully saturated rings. The summed E-state index contributed by atoms with van der Waals surface area (Å²) >= 11 is 0. The average Bonchev–Trinajstić information content (AvgIpc) is 2.96. The lowest BCUT2D eigenvalue weighted by molar-refractivity contribution is 0.0975. The molecule has 0 unspecified atom stereocenters. The van der Waals surface area contributed by atoms with Gasteiger partial charge in [-0.1, -0.05) is 0 Å². The molecule has 0 amide bonds. The molecule has 0 bridgehead atoms. The first-order valence-electron chi connectivity index (χ1n) is 14.0. The number of hydrogen-bond donors (Lipinski definition) is 7. The number of ketones is 2. The number of hydrogen-bond acceptors (Lipinski definition) is 13. The molecule has 3 rings (SSSR count). The largest absolute Gasteiger partial charge is 0.507 e. The van der Waals surface area contributed by atoms with E-state index in [9.17, 15) is 29.5 Å². The van der Waals surface area contributed by atoms with Crippen molar-refractivity contribution >= 4 is 30.5 Å². The Morgan fingerprint density at radius 1 is 0.714 bits per heavy atom. The number of fused-ring (bicyclic) bond motifs is 2. The molecule has 42 heavy (non-hydrogen) atoms. The maximum atomic E-state index is 13.7. The lowest BCUT2D eigenvalue weighted by atomic mass is 9.81. The maximum absolute atomic E-state index is 13.7. The highest BCUT2D eigenvalue weighted by Crippen LogP contribution is 2.47. The second kappa shape index (κ2) is 16.0. The van der Waals surface area contributed by atoms with Crippen LogP contribution in [0.2, 0.25) is 0 Å². The van der Waals surface area contributed by atoms with E-state index >= 15 is 0 Å². The zero-order valence-electron chi connectivity index (χ0n) is 24.0. The standard InChI is InChI=1S/C28H41N4O9P/c1-3-40-42(39,41-4-2)18-15-32(14-17-34)13-11-31-20-6-5-19(30-10-9-29-12-16-33)23-24(20)28(38)26-22(36)8-7-21(35)25(26)27(23)37/h5-8,29-31,33-36H,3-4,9-18H2,1-2H3. The van der Waals surface area contributed by atoms with Crippen molar-refractivity contribution in [3.05, 3.63) is 46.5 Å². The quantitative estimate of drug-likeness (QED) is 0.0594. The minimum absolute atomic E-state index is 0.0175. The molecule has 0 saturated carbocycles. The van der Waals surface area contributed by atoms with Gasteiger partial charge in [-0.05, 0) is 38.1 Å². The van der Waals surface area contributed by atoms with Gasteiger partial charge < -0.3 is 45.4 Å². The number of aliphatic hydroxyl groups is 2. The Kier molecular flexibility index (Phi) is 12.7. The molecule has 0 aromatic heterocycles. The summed E-state index contributed by atoms with van der Waals surface area (Å²) in [4.78, 5) is 29.3. The number of anilines is 2. The van der Waals surface area contributed by atoms with Gasteiger partial charge >= 0.3 is 7.60 Å². The van der Waals surface area contributed by atoms with E-state index < -0.39 is 30.7 Å². The zero-order chi connectivity index (χ0) is 30.7. The number of phenols is 2. The topological polar surface area (TPSA) is 190 Å². The van der Waals surface area contributed by atoms with Crippen molar-refractivity contribution in [2.75, 3.05) is 89.0 Å². The van der Waals surface area contributed by atoms with Crippen LogP contribution in [0.5, 0.6) is 11.5 Å². The summed E-state index contributed by atoms with van der Waals surface area (Å²) < 4.78 is 23.6. The SMILES string of the molecule is CCOP(=O)(CCN(CCO)CCNc1ccc(NCCNCCO)c2c1C(=O)c1c(O)ccc(O)c1C2=O)OCC. The number of nitrogens with zero attached hydrogens (tertiary/aromatic N) is 1. The molecular formula is C28H41N4O9P. The normalized spacial score (nSPS) is 12.9. The van der Waals surface area contributed by atoms with Crippen LogP contribution in [0.25, 0.3) is 0 Å². The highest BCUT2D eigenvalue weighted by Gasteiger charge is 2.38. The smallest absolute Gasteiger partial charge is 0.331 e. The lowest BCUT2D eigenvalue weighted by Gasteiger charge is -2.26. The third-order valence-corrected chi connectivity index (χ3v) is 8.73. The van der Waals surface area contributed by atoms with Gasteiger partial charge in [-0.3, -0.25) is 19.1 Å². The summed E-state index contributed by atoms with van der Waals surface area (Å²) in [5.74, 6) is -2.03. The molecule has 2 aromatic rings. The van der Waals surface area contributed by atoms with Crippen molar-refractivity contribution in [1.82, 2.24) is 10.2 Å². The fraction of sp³-hybridized carbons (Fsp3) is 0.500. The van der Waals surface area contributed by atoms with E-state index in [1.165, 1.54) is 12.1 Å². The molecule has 1 aliphatic rings. The van der Waals surface area contributed by atoms with Gasteiger partial charge in [0.25, 0.3) is 0 Å². The van der Waals surface area contributed by atoms with E-state index in [2.05, 4.69) is 16.0 Å². The first-order chi connectivity index (χ1) is 20.2. The van der Waals surface area contributed by atoms with Crippen LogP contribution < -0.4 is 16.0 Å². The van der Waals surface area contributed by atoms with Crippen molar-refractivity contribution in [2.45, 2.75) is 13.8 Å². The number of rotatable bonds is 19. The van der Waals surface area contributed by atoms with Crippen LogP contribution in [0.3, 0.4) is 0 Å². The van der Waals surface area contributed by atoms with Crippen LogP contribution >= 0.6 is 7.60 Å². The van der Waals surface area contributed by atoms with Gasteiger partial charge in [0.2, 0.25) is 11.6 Å². The number of aliphatic hydroxyl groups excluding tert-OH is 2. The predicted octanol–water partition coefficient (Wildman–Crippen LogP) is 1.84. The van der Waals surface area contributed by atoms with Crippen molar-refractivity contribution in [1.29, 1.82) is 0 Å². The predicted molar refractivity (Wildman–Crippen MR) is 159 cm³/mol. The molecule has 0 spiro atoms. The minimum atomic E-state index is -3.27. The van der Waals surface area contributed by atoms with Crippen molar-refractivity contribution in [3.8, 4) is 11.5 Å². The minimum Gasteiger partial charge on any atom is -0.507 e. The molecule has 7 N–H and O–H groups in total. The molecule has 0 heterocycles. The number of benzene rings is 2. The van der Waals surface area contributed by atoms with E-state index in [0.29, 0.717) is 57.2 Å². The van der Waals surface area contributed by atoms with Gasteiger partial charge in [0.15, 0.2) is 0 Å². The fourth-order valence-electron chi connectivity index (χ4n) is 4.80. The molecule has 13 nitrogen and oxygen atoms in total. The second-order valence-corrected chi connectivity index (χ2v) is 11.7. The number of phenolic OH excluding ortho intramolecular Hbond substituents is 2. The lowest BCUT2D eigenvalue weighted by Crippen LogP contribution is -2.34. The van der Waals surface area contributed by atoms with Gasteiger partial charge in [0.05, 0.1) is 54.8 Å². The van der Waals surface area contributed by atoms with Gasteiger partial charge in [0, 0.05) is 57.2 Å². The van der Waals surface area contributed by atoms with Crippen LogP contribution in [-0.4, -0.2) is 115 Å². The van der Waals surface area contributed by atoms with Crippen LogP contribution in [-0.2, 0) is 13.6 Å². The summed E-state index contributed by atoms with van der Waals surface area (Å²) in [6.45, 7) is 6.46. The Balaban J connectivity index is 1.85. The van der Waals surface area contributed by atoms with Gasteiger partial charge in [-0.15, -0.1) is 0 Å². The Hall–Kier alpha value is -3.03. The third kappa shape index (κ3) is 8.07. The highest BCUT2D eigenvalue weighted by atomic mass is 31.2. The number of carbonyl (C=O) groups excluding carboxylic acids is 2. The van der Waals surface area contributed by atoms with E-state index in [1.807, 2.05) is 4.90 Å². The van der Waals surface area contributed by atoms with Crippen molar-refractivity contribution < 1.29 is 43.6 Å². The van der Waals surface area contributed by atoms with E-state index in [-0.39, 0.29) is 54.8 Å². The number of aromatic hydroxyl groups is 2. The van der Waals surface area contributed by atoms with Crippen LogP contribution in [0.4, 0.5) is 11.4 Å². The first kappa shape index (κ1) is 33.5. The molecule has 0 atom stereocenters. The van der Waals surface area contributed by atoms with E-state index in [4.69, 9.17) is 14.2 Å². The molecule has 0 saturated heterocycles. The maximum Gasteiger partial charge on any atom is 0.331 e. The molecule has 14 heteroatoms. The third-order valence-electron chi connectivity index (χ3n) is 6.68. The van der Waals surface area contributed by atoms with E-state index in [0.717, 1.165) is 0 Å². The molecule has 2 aromatic carbocycles. The molecule has 0 radical (unpaired) electrons. The zero-order valence-corrected chi connectivity index (χ0v) is 24.9. The second-order valence-electron chi connectivity index (χ2n) is 9.49. The van der Waals surface area contributed by atoms with Crippen LogP contribution in [0, 0.1) is 0 Å². The number of carbonyl (C=O) groups is 2. The molecule has 1 aliphatic carbocycles. The molecule has 0 aliphatic heterocycles. The molecule has 232 valence electrons. The van der Waals surface area contributed by atoms with Crippen molar-refractivity contribution in [2.24, 2.45) is 0 Å². The average molecular weight is 609 g/mol. The molecular weight excluding hydrogens is 567 g/mol. The van der Waals surface area contributed by atoms with Crippen LogP contribution in [0.1, 0.15) is 45.7 Å². The summed E-state index contributed by atoms with van der Waals surface area (Å²) in [5, 5.41) is 48.8. The van der Waals surface area contributed by atoms with Crippen LogP contribution in [0.15, 0.2) is 24.3 Å². The highest BCUT2D eigenvalue weighted by molar-refractivity contribution is 7.53. The van der Waals surface area contributed by atoms with Crippen molar-refractivity contribution in [3.63, 3.8) is 0 Å². The Bertz CT molecular complexity index is 1280. The summed E-state index contributed by atoms with van der Waals surface area (Å²) in [7, 11) is -3.27. The summed E-state index contributed by atoms with van der Waals surface area (Å²) in [6, 6.07) is 5.66. The summed E-state index contributed by atoms with van der Waals surface area (Å²) in [5.41, 5.74) is 0.362. The van der Waals surface area contributed by atoms with Gasteiger partial charge in [-0.25, -0.2) is 0 Å². The van der Waals surface area contributed by atoms with Gasteiger partial charge in [0.1, 0.15) is 11.5 Å². The Morgan fingerprint density at radius 3 is 1.76 bits per heavy atom. The Morgan fingerprint density at radius 2 is 1.26 bits per heavy atom.